The summed E-state index contributed by atoms with van der Waals surface area (Å²) in [5, 5.41) is 0. The Morgan fingerprint density at radius 3 is 2.20 bits per heavy atom. The maximum absolute atomic E-state index is 12.6. The summed E-state index contributed by atoms with van der Waals surface area (Å²) in [6.07, 6.45) is -1.22. The van der Waals surface area contributed by atoms with Crippen LogP contribution in [0.4, 0.5) is 17.6 Å². The summed E-state index contributed by atoms with van der Waals surface area (Å²) >= 11 is 0. The van der Waals surface area contributed by atoms with E-state index in [9.17, 15) is 22.4 Å². The van der Waals surface area contributed by atoms with Crippen molar-refractivity contribution in [3.8, 4) is 0 Å². The van der Waals surface area contributed by atoms with Crippen LogP contribution in [0.3, 0.4) is 0 Å². The highest BCUT2D eigenvalue weighted by Gasteiger charge is 2.51. The smallest absolute Gasteiger partial charge is 0.332 e. The molecular weight excluding hydrogens is 220 g/mol. The summed E-state index contributed by atoms with van der Waals surface area (Å²) in [6.45, 7) is -1.04. The van der Waals surface area contributed by atoms with E-state index in [4.69, 9.17) is 0 Å². The lowest BCUT2D eigenvalue weighted by molar-refractivity contribution is -0.206. The molecule has 0 amide bonds. The molecule has 0 aliphatic rings. The predicted molar refractivity (Wildman–Crippen MR) is 43.0 cm³/mol. The van der Waals surface area contributed by atoms with Gasteiger partial charge in [0, 0.05) is 14.0 Å². The van der Waals surface area contributed by atoms with E-state index < -0.39 is 37.4 Å². The molecule has 0 rings (SSSR count). The molecule has 7 heteroatoms. The first-order valence-corrected chi connectivity index (χ1v) is 4.11. The van der Waals surface area contributed by atoms with Crippen LogP contribution in [0.25, 0.3) is 0 Å². The number of ether oxygens (including phenoxy) is 2. The molecule has 0 fully saturated rings. The monoisotopic (exact) mass is 232 g/mol. The minimum atomic E-state index is -4.18. The maximum atomic E-state index is 12.6. The van der Waals surface area contributed by atoms with Crippen molar-refractivity contribution in [1.29, 1.82) is 0 Å². The third kappa shape index (κ3) is 4.96. The molecule has 0 aromatic heterocycles. The van der Waals surface area contributed by atoms with Crippen LogP contribution in [0.15, 0.2) is 0 Å². The third-order valence-electron chi connectivity index (χ3n) is 1.58. The number of carbonyl (C=O) groups excluding carboxylic acids is 1. The van der Waals surface area contributed by atoms with Gasteiger partial charge in [0.2, 0.25) is 0 Å². The van der Waals surface area contributed by atoms with Crippen molar-refractivity contribution < 1.29 is 31.8 Å². The number of hydrogen-bond donors (Lipinski definition) is 0. The number of rotatable bonds is 6. The first-order chi connectivity index (χ1) is 6.70. The van der Waals surface area contributed by atoms with Crippen LogP contribution in [0, 0.1) is 0 Å². The van der Waals surface area contributed by atoms with Gasteiger partial charge in [-0.25, -0.2) is 13.6 Å². The molecule has 0 aliphatic carbocycles. The van der Waals surface area contributed by atoms with Crippen LogP contribution in [0.5, 0.6) is 0 Å². The van der Waals surface area contributed by atoms with Gasteiger partial charge in [0.05, 0.1) is 13.0 Å². The zero-order chi connectivity index (χ0) is 12.1. The Morgan fingerprint density at radius 2 is 1.80 bits per heavy atom. The molecule has 3 nitrogen and oxygen atoms in total. The molecule has 90 valence electrons. The Balaban J connectivity index is 3.91. The zero-order valence-electron chi connectivity index (χ0n) is 8.36. The van der Waals surface area contributed by atoms with E-state index >= 15 is 0 Å². The molecule has 0 radical (unpaired) electrons. The second kappa shape index (κ2) is 5.29. The number of alkyl halides is 4. The average Bonchev–Trinajstić information content (AvgIpc) is 2.01. The highest BCUT2D eigenvalue weighted by atomic mass is 19.3. The van der Waals surface area contributed by atoms with Crippen molar-refractivity contribution in [2.24, 2.45) is 0 Å². The van der Waals surface area contributed by atoms with Gasteiger partial charge >= 0.3 is 17.8 Å². The van der Waals surface area contributed by atoms with Crippen molar-refractivity contribution in [2.45, 2.75) is 25.2 Å². The molecule has 15 heavy (non-hydrogen) atoms. The third-order valence-corrected chi connectivity index (χ3v) is 1.58. The van der Waals surface area contributed by atoms with Gasteiger partial charge in [-0.1, -0.05) is 0 Å². The topological polar surface area (TPSA) is 35.5 Å². The predicted octanol–water partition coefficient (Wildman–Crippen LogP) is 1.86. The Bertz CT molecular complexity index is 212. The fourth-order valence-electron chi connectivity index (χ4n) is 0.672. The van der Waals surface area contributed by atoms with E-state index in [1.54, 1.807) is 0 Å². The molecule has 0 aliphatic heterocycles. The first kappa shape index (κ1) is 14.2. The molecule has 0 aromatic rings. The number of halogens is 4. The average molecular weight is 232 g/mol. The van der Waals surface area contributed by atoms with Gasteiger partial charge in [-0.2, -0.15) is 8.78 Å². The van der Waals surface area contributed by atoms with Crippen LogP contribution in [-0.4, -0.2) is 38.1 Å². The van der Waals surface area contributed by atoms with E-state index in [0.717, 1.165) is 0 Å². The molecule has 0 bridgehead atoms. The van der Waals surface area contributed by atoms with Crippen molar-refractivity contribution in [2.75, 3.05) is 20.3 Å². The molecule has 0 aromatic carbocycles. The maximum Gasteiger partial charge on any atom is 0.332 e. The molecule has 0 saturated heterocycles. The van der Waals surface area contributed by atoms with E-state index in [1.807, 2.05) is 0 Å². The molecule has 0 spiro atoms. The summed E-state index contributed by atoms with van der Waals surface area (Å²) in [4.78, 5) is 10.6. The fourth-order valence-corrected chi connectivity index (χ4v) is 0.672. The number of esters is 1. The molecule has 0 N–H and O–H groups in total. The highest BCUT2D eigenvalue weighted by molar-refractivity contribution is 5.70. The summed E-state index contributed by atoms with van der Waals surface area (Å²) in [5.74, 6) is -9.17. The summed E-state index contributed by atoms with van der Waals surface area (Å²) in [7, 11) is 1.22. The van der Waals surface area contributed by atoms with Crippen LogP contribution in [0.2, 0.25) is 0 Å². The summed E-state index contributed by atoms with van der Waals surface area (Å²) in [5.41, 5.74) is 0. The van der Waals surface area contributed by atoms with Gasteiger partial charge in [-0.15, -0.1) is 0 Å². The molecular formula is C8H12F4O3. The Hall–Kier alpha value is -0.850. The lowest BCUT2D eigenvalue weighted by Gasteiger charge is -2.22. The van der Waals surface area contributed by atoms with Crippen molar-refractivity contribution in [1.82, 2.24) is 0 Å². The number of hydrogen-bond acceptors (Lipinski definition) is 3. The normalized spacial score (nSPS) is 12.7. The van der Waals surface area contributed by atoms with Gasteiger partial charge in [-0.05, 0) is 0 Å². The first-order valence-electron chi connectivity index (χ1n) is 4.11. The summed E-state index contributed by atoms with van der Waals surface area (Å²) < 4.78 is 58.3. The second-order valence-electron chi connectivity index (χ2n) is 3.00. The van der Waals surface area contributed by atoms with E-state index in [-0.39, 0.29) is 6.92 Å². The molecule has 0 unspecified atom stereocenters. The zero-order valence-corrected chi connectivity index (χ0v) is 8.36. The Labute approximate surface area is 84.3 Å². The van der Waals surface area contributed by atoms with E-state index in [1.165, 1.54) is 7.11 Å². The van der Waals surface area contributed by atoms with Crippen LogP contribution in [-0.2, 0) is 14.3 Å². The lowest BCUT2D eigenvalue weighted by atomic mass is 10.1. The molecule has 0 atom stereocenters. The molecule has 0 saturated carbocycles. The highest BCUT2D eigenvalue weighted by Crippen LogP contribution is 2.36. The van der Waals surface area contributed by atoms with E-state index in [2.05, 4.69) is 9.47 Å². The Kier molecular flexibility index (Phi) is 4.99. The number of methoxy groups -OCH3 is 1. The SMILES string of the molecule is COCC(=O)OCCC(F)(F)C(C)(F)F. The fraction of sp³-hybridized carbons (Fsp3) is 0.875. The van der Waals surface area contributed by atoms with Gasteiger partial charge in [0.25, 0.3) is 0 Å². The van der Waals surface area contributed by atoms with Gasteiger partial charge in [-0.3, -0.25) is 0 Å². The van der Waals surface area contributed by atoms with Crippen molar-refractivity contribution in [3.05, 3.63) is 0 Å². The summed E-state index contributed by atoms with van der Waals surface area (Å²) in [6, 6.07) is 0. The number of carbonyl (C=O) groups is 1. The molecule has 0 heterocycles. The standard InChI is InChI=1S/C8H12F4O3/c1-7(9,10)8(11,12)3-4-15-6(13)5-14-2/h3-5H2,1-2H3. The van der Waals surface area contributed by atoms with Gasteiger partial charge < -0.3 is 9.47 Å². The van der Waals surface area contributed by atoms with Crippen LogP contribution >= 0.6 is 0 Å². The largest absolute Gasteiger partial charge is 0.464 e. The quantitative estimate of drug-likeness (QED) is 0.518. The van der Waals surface area contributed by atoms with Gasteiger partial charge in [0.15, 0.2) is 0 Å². The van der Waals surface area contributed by atoms with Gasteiger partial charge in [0.1, 0.15) is 6.61 Å². The van der Waals surface area contributed by atoms with Crippen LogP contribution < -0.4 is 0 Å². The van der Waals surface area contributed by atoms with E-state index in [0.29, 0.717) is 0 Å². The minimum Gasteiger partial charge on any atom is -0.464 e. The Morgan fingerprint density at radius 1 is 1.27 bits per heavy atom. The minimum absolute atomic E-state index is 0.115. The van der Waals surface area contributed by atoms with Crippen molar-refractivity contribution in [3.63, 3.8) is 0 Å². The van der Waals surface area contributed by atoms with Crippen LogP contribution in [0.1, 0.15) is 13.3 Å². The van der Waals surface area contributed by atoms with Crippen molar-refractivity contribution >= 4 is 5.97 Å². The second-order valence-corrected chi connectivity index (χ2v) is 3.00. The lowest BCUT2D eigenvalue weighted by Crippen LogP contribution is -2.38.